The van der Waals surface area contributed by atoms with Crippen molar-refractivity contribution in [1.82, 2.24) is 19.7 Å². The van der Waals surface area contributed by atoms with Gasteiger partial charge in [-0.25, -0.2) is 14.8 Å². The number of aryl methyl sites for hydroxylation is 2. The van der Waals surface area contributed by atoms with E-state index in [1.165, 1.54) is 7.05 Å². The van der Waals surface area contributed by atoms with Crippen molar-refractivity contribution in [2.75, 3.05) is 11.1 Å². The summed E-state index contributed by atoms with van der Waals surface area (Å²) in [6.07, 6.45) is 0. The first-order valence-electron chi connectivity index (χ1n) is 5.84. The van der Waals surface area contributed by atoms with Crippen LogP contribution >= 0.6 is 0 Å². The Labute approximate surface area is 112 Å². The summed E-state index contributed by atoms with van der Waals surface area (Å²) in [5.41, 5.74) is 4.94. The van der Waals surface area contributed by atoms with E-state index in [-0.39, 0.29) is 11.7 Å². The summed E-state index contributed by atoms with van der Waals surface area (Å²) in [7, 11) is 1.43. The first-order valence-corrected chi connectivity index (χ1v) is 5.84. The van der Waals surface area contributed by atoms with Crippen LogP contribution in [0.15, 0.2) is 9.21 Å². The minimum absolute atomic E-state index is 0.0413. The fraction of sp³-hybridized carbons (Fsp3) is 0.364. The topological polar surface area (TPSA) is 129 Å². The van der Waals surface area contributed by atoms with Crippen molar-refractivity contribution in [3.05, 3.63) is 27.8 Å². The standard InChI is InChI=1S/C11H12N6O3/c1-4-13-6(12)5-7(14-4)15-8(18)11(5,2)9-16-17(3)10(19)20-9/h1-3H3,(H3,12,13,14,15,18). The lowest BCUT2D eigenvalue weighted by molar-refractivity contribution is -0.119. The Hall–Kier alpha value is -2.71. The molecule has 0 bridgehead atoms. The number of nitrogens with zero attached hydrogens (tertiary/aromatic N) is 4. The molecule has 1 aliphatic heterocycles. The monoisotopic (exact) mass is 276 g/mol. The van der Waals surface area contributed by atoms with Crippen molar-refractivity contribution in [3.63, 3.8) is 0 Å². The third-order valence-corrected chi connectivity index (χ3v) is 3.35. The number of carbonyl (C=O) groups excluding carboxylic acids is 1. The second-order valence-corrected chi connectivity index (χ2v) is 4.76. The summed E-state index contributed by atoms with van der Waals surface area (Å²) in [5, 5.41) is 6.56. The van der Waals surface area contributed by atoms with Crippen LogP contribution in [0.3, 0.4) is 0 Å². The highest BCUT2D eigenvalue weighted by molar-refractivity contribution is 6.08. The molecule has 20 heavy (non-hydrogen) atoms. The predicted molar refractivity (Wildman–Crippen MR) is 68.0 cm³/mol. The number of aromatic nitrogens is 4. The Morgan fingerprint density at radius 3 is 2.65 bits per heavy atom. The van der Waals surface area contributed by atoms with Crippen molar-refractivity contribution < 1.29 is 9.21 Å². The van der Waals surface area contributed by atoms with Crippen LogP contribution in [0.2, 0.25) is 0 Å². The third kappa shape index (κ3) is 1.40. The van der Waals surface area contributed by atoms with Gasteiger partial charge in [-0.1, -0.05) is 0 Å². The van der Waals surface area contributed by atoms with Crippen LogP contribution in [-0.4, -0.2) is 25.7 Å². The Bertz CT molecular complexity index is 792. The zero-order valence-corrected chi connectivity index (χ0v) is 11.1. The van der Waals surface area contributed by atoms with E-state index in [0.717, 1.165) is 4.68 Å². The zero-order valence-electron chi connectivity index (χ0n) is 11.1. The molecule has 9 heteroatoms. The minimum atomic E-state index is -1.33. The van der Waals surface area contributed by atoms with Crippen LogP contribution in [0, 0.1) is 6.92 Å². The molecule has 0 fully saturated rings. The molecule has 3 N–H and O–H groups in total. The summed E-state index contributed by atoms with van der Waals surface area (Å²) in [4.78, 5) is 31.9. The molecule has 9 nitrogen and oxygen atoms in total. The number of nitrogen functional groups attached to an aromatic ring is 1. The smallest absolute Gasteiger partial charge is 0.391 e. The third-order valence-electron chi connectivity index (χ3n) is 3.35. The molecule has 104 valence electrons. The van der Waals surface area contributed by atoms with E-state index in [1.807, 2.05) is 0 Å². The number of nitrogens with two attached hydrogens (primary N) is 1. The van der Waals surface area contributed by atoms with E-state index in [9.17, 15) is 9.59 Å². The van der Waals surface area contributed by atoms with Crippen LogP contribution in [0.4, 0.5) is 11.6 Å². The van der Waals surface area contributed by atoms with E-state index < -0.39 is 17.1 Å². The van der Waals surface area contributed by atoms with Crippen molar-refractivity contribution in [1.29, 1.82) is 0 Å². The van der Waals surface area contributed by atoms with Crippen LogP contribution in [0.5, 0.6) is 0 Å². The summed E-state index contributed by atoms with van der Waals surface area (Å²) in [6.45, 7) is 3.23. The molecule has 3 heterocycles. The molecule has 1 unspecified atom stereocenters. The fourth-order valence-electron chi connectivity index (χ4n) is 2.28. The second-order valence-electron chi connectivity index (χ2n) is 4.76. The van der Waals surface area contributed by atoms with Gasteiger partial charge in [0.2, 0.25) is 11.8 Å². The molecule has 0 radical (unpaired) electrons. The Kier molecular flexibility index (Phi) is 2.25. The highest BCUT2D eigenvalue weighted by Gasteiger charge is 2.51. The maximum atomic E-state index is 12.3. The molecule has 0 aliphatic carbocycles. The van der Waals surface area contributed by atoms with Crippen molar-refractivity contribution in [3.8, 4) is 0 Å². The lowest BCUT2D eigenvalue weighted by Gasteiger charge is -2.17. The van der Waals surface area contributed by atoms with E-state index in [2.05, 4.69) is 20.4 Å². The van der Waals surface area contributed by atoms with Gasteiger partial charge in [-0.2, -0.15) is 4.68 Å². The average molecular weight is 276 g/mol. The Balaban J connectivity index is 2.31. The van der Waals surface area contributed by atoms with Gasteiger partial charge in [0.25, 0.3) is 0 Å². The van der Waals surface area contributed by atoms with E-state index >= 15 is 0 Å². The normalized spacial score (nSPS) is 20.9. The summed E-state index contributed by atoms with van der Waals surface area (Å²) in [6, 6.07) is 0. The maximum Gasteiger partial charge on any atom is 0.436 e. The maximum absolute atomic E-state index is 12.3. The van der Waals surface area contributed by atoms with Gasteiger partial charge in [-0.15, -0.1) is 5.10 Å². The number of anilines is 2. The zero-order chi connectivity index (χ0) is 14.7. The van der Waals surface area contributed by atoms with Gasteiger partial charge in [0.15, 0.2) is 5.41 Å². The summed E-state index contributed by atoms with van der Waals surface area (Å²) >= 11 is 0. The lowest BCUT2D eigenvalue weighted by Crippen LogP contribution is -2.33. The van der Waals surface area contributed by atoms with Crippen molar-refractivity contribution >= 4 is 17.5 Å². The molecule has 2 aromatic heterocycles. The van der Waals surface area contributed by atoms with Gasteiger partial charge in [0.1, 0.15) is 17.5 Å². The van der Waals surface area contributed by atoms with Crippen molar-refractivity contribution in [2.45, 2.75) is 19.3 Å². The number of rotatable bonds is 1. The molecule has 3 rings (SSSR count). The van der Waals surface area contributed by atoms with Gasteiger partial charge in [-0.3, -0.25) is 4.79 Å². The van der Waals surface area contributed by atoms with E-state index in [0.29, 0.717) is 17.2 Å². The summed E-state index contributed by atoms with van der Waals surface area (Å²) in [5.74, 6) is -0.207. The molecule has 1 amide bonds. The van der Waals surface area contributed by atoms with Crippen molar-refractivity contribution in [2.24, 2.45) is 7.05 Å². The van der Waals surface area contributed by atoms with Gasteiger partial charge in [0.05, 0.1) is 5.56 Å². The lowest BCUT2D eigenvalue weighted by atomic mass is 9.84. The molecular formula is C11H12N6O3. The largest absolute Gasteiger partial charge is 0.436 e. The predicted octanol–water partition coefficient (Wildman–Crippen LogP) is -0.688. The van der Waals surface area contributed by atoms with Gasteiger partial charge in [0, 0.05) is 7.05 Å². The summed E-state index contributed by atoms with van der Waals surface area (Å²) < 4.78 is 6.05. The van der Waals surface area contributed by atoms with E-state index in [1.54, 1.807) is 13.8 Å². The van der Waals surface area contributed by atoms with Crippen LogP contribution in [0.25, 0.3) is 0 Å². The molecular weight excluding hydrogens is 264 g/mol. The molecule has 0 saturated carbocycles. The Morgan fingerprint density at radius 1 is 1.35 bits per heavy atom. The molecule has 0 spiro atoms. The highest BCUT2D eigenvalue weighted by Crippen LogP contribution is 2.43. The fourth-order valence-corrected chi connectivity index (χ4v) is 2.28. The molecule has 0 saturated heterocycles. The molecule has 1 atom stereocenters. The SMILES string of the molecule is Cc1nc(N)c2c(n1)NC(=O)C2(C)c1nn(C)c(=O)o1. The van der Waals surface area contributed by atoms with Crippen LogP contribution in [0.1, 0.15) is 24.2 Å². The number of carbonyl (C=O) groups is 1. The average Bonchev–Trinajstić information content (AvgIpc) is 2.80. The first kappa shape index (κ1) is 12.3. The van der Waals surface area contributed by atoms with Crippen LogP contribution in [-0.2, 0) is 17.3 Å². The number of nitrogens with one attached hydrogen (secondary N) is 1. The quantitative estimate of drug-likeness (QED) is 0.705. The van der Waals surface area contributed by atoms with Gasteiger partial charge < -0.3 is 15.5 Å². The number of hydrogen-bond donors (Lipinski definition) is 2. The molecule has 0 aromatic carbocycles. The van der Waals surface area contributed by atoms with Gasteiger partial charge in [-0.05, 0) is 13.8 Å². The van der Waals surface area contributed by atoms with Gasteiger partial charge >= 0.3 is 5.76 Å². The second kappa shape index (κ2) is 3.65. The number of hydrogen-bond acceptors (Lipinski definition) is 7. The molecule has 2 aromatic rings. The number of amides is 1. The molecule has 1 aliphatic rings. The highest BCUT2D eigenvalue weighted by atomic mass is 16.4. The first-order chi connectivity index (χ1) is 9.34. The number of fused-ring (bicyclic) bond motifs is 1. The Morgan fingerprint density at radius 2 is 2.05 bits per heavy atom. The van der Waals surface area contributed by atoms with Crippen LogP contribution < -0.4 is 16.8 Å². The minimum Gasteiger partial charge on any atom is -0.391 e. The van der Waals surface area contributed by atoms with E-state index in [4.69, 9.17) is 10.2 Å².